The Morgan fingerprint density at radius 2 is 1.76 bits per heavy atom. The van der Waals surface area contributed by atoms with Gasteiger partial charge in [0.1, 0.15) is 5.82 Å². The van der Waals surface area contributed by atoms with E-state index in [4.69, 9.17) is 5.73 Å². The number of nitrogens with two attached hydrogens (primary N) is 1. The number of benzene rings is 2. The standard InChI is InChI=1S/C22H26N4O.2ClH/c1-15(23)17-10-12-25(13-11-17)22(27)18-8-9-21-20(14-18)24-16(2)26(21)19-6-4-3-5-7-19;;/h3-9,14-15,17H,10-13,23H2,1-2H3;2*1H. The zero-order chi connectivity index (χ0) is 19.0. The van der Waals surface area contributed by atoms with Crippen molar-refractivity contribution in [3.63, 3.8) is 0 Å². The predicted molar refractivity (Wildman–Crippen MR) is 123 cm³/mol. The van der Waals surface area contributed by atoms with E-state index in [-0.39, 0.29) is 36.8 Å². The van der Waals surface area contributed by atoms with Crippen LogP contribution in [0, 0.1) is 12.8 Å². The maximum absolute atomic E-state index is 12.9. The van der Waals surface area contributed by atoms with Crippen LogP contribution in [-0.2, 0) is 0 Å². The third-order valence-corrected chi connectivity index (χ3v) is 5.65. The van der Waals surface area contributed by atoms with Gasteiger partial charge in [-0.05, 0) is 62.9 Å². The van der Waals surface area contributed by atoms with Gasteiger partial charge in [0.25, 0.3) is 5.91 Å². The van der Waals surface area contributed by atoms with Crippen LogP contribution in [0.25, 0.3) is 16.7 Å². The van der Waals surface area contributed by atoms with E-state index >= 15 is 0 Å². The van der Waals surface area contributed by atoms with E-state index in [0.29, 0.717) is 11.5 Å². The number of rotatable bonds is 3. The Bertz CT molecular complexity index is 964. The van der Waals surface area contributed by atoms with E-state index < -0.39 is 0 Å². The summed E-state index contributed by atoms with van der Waals surface area (Å²) in [5.41, 5.74) is 9.67. The molecule has 2 aromatic carbocycles. The minimum absolute atomic E-state index is 0. The molecule has 0 aliphatic carbocycles. The summed E-state index contributed by atoms with van der Waals surface area (Å²) in [5, 5.41) is 0. The number of likely N-dealkylation sites (tertiary alicyclic amines) is 1. The van der Waals surface area contributed by atoms with E-state index in [1.807, 2.05) is 48.2 Å². The first-order valence-corrected chi connectivity index (χ1v) is 9.64. The highest BCUT2D eigenvalue weighted by Gasteiger charge is 2.25. The van der Waals surface area contributed by atoms with Crippen LogP contribution in [0.4, 0.5) is 0 Å². The van der Waals surface area contributed by atoms with Crippen molar-refractivity contribution in [2.24, 2.45) is 11.7 Å². The lowest BCUT2D eigenvalue weighted by Crippen LogP contribution is -2.42. The number of hydrogen-bond donors (Lipinski definition) is 1. The van der Waals surface area contributed by atoms with Crippen molar-refractivity contribution < 1.29 is 4.79 Å². The highest BCUT2D eigenvalue weighted by Crippen LogP contribution is 2.25. The molecule has 7 heteroatoms. The Balaban J connectivity index is 0.00000150. The highest BCUT2D eigenvalue weighted by molar-refractivity contribution is 5.97. The van der Waals surface area contributed by atoms with Gasteiger partial charge in [-0.15, -0.1) is 24.8 Å². The summed E-state index contributed by atoms with van der Waals surface area (Å²) in [6.45, 7) is 5.61. The summed E-state index contributed by atoms with van der Waals surface area (Å²) in [6.07, 6.45) is 1.96. The van der Waals surface area contributed by atoms with Crippen molar-refractivity contribution in [2.75, 3.05) is 13.1 Å². The normalized spacial score (nSPS) is 15.5. The number of carbonyl (C=O) groups is 1. The number of amides is 1. The fourth-order valence-corrected chi connectivity index (χ4v) is 4.05. The molecule has 3 aromatic rings. The molecular weight excluding hydrogens is 407 g/mol. The molecule has 0 radical (unpaired) electrons. The Morgan fingerprint density at radius 3 is 2.38 bits per heavy atom. The molecule has 1 amide bonds. The van der Waals surface area contributed by atoms with Gasteiger partial charge in [0.2, 0.25) is 0 Å². The fourth-order valence-electron chi connectivity index (χ4n) is 4.05. The van der Waals surface area contributed by atoms with E-state index in [9.17, 15) is 4.79 Å². The van der Waals surface area contributed by atoms with Crippen LogP contribution in [0.5, 0.6) is 0 Å². The van der Waals surface area contributed by atoms with Gasteiger partial charge in [-0.25, -0.2) is 4.98 Å². The van der Waals surface area contributed by atoms with Gasteiger partial charge >= 0.3 is 0 Å². The molecule has 2 heterocycles. The lowest BCUT2D eigenvalue weighted by Gasteiger charge is -2.33. The van der Waals surface area contributed by atoms with E-state index in [2.05, 4.69) is 28.6 Å². The molecule has 0 saturated carbocycles. The van der Waals surface area contributed by atoms with Crippen molar-refractivity contribution in [2.45, 2.75) is 32.7 Å². The van der Waals surface area contributed by atoms with Crippen molar-refractivity contribution in [1.29, 1.82) is 0 Å². The molecule has 1 saturated heterocycles. The zero-order valence-electron chi connectivity index (χ0n) is 16.7. The second-order valence-electron chi connectivity index (χ2n) is 7.52. The number of halogens is 2. The Hall–Kier alpha value is -2.08. The molecule has 1 atom stereocenters. The Kier molecular flexibility index (Phi) is 7.69. The first-order chi connectivity index (χ1) is 13.0. The molecule has 1 unspecified atom stereocenters. The predicted octanol–water partition coefficient (Wildman–Crippen LogP) is 4.38. The van der Waals surface area contributed by atoms with E-state index in [1.54, 1.807) is 0 Å². The van der Waals surface area contributed by atoms with Crippen LogP contribution in [-0.4, -0.2) is 39.5 Å². The van der Waals surface area contributed by atoms with Crippen LogP contribution in [0.15, 0.2) is 48.5 Å². The van der Waals surface area contributed by atoms with Crippen molar-refractivity contribution in [3.05, 3.63) is 59.9 Å². The molecule has 0 spiro atoms. The van der Waals surface area contributed by atoms with E-state index in [1.165, 1.54) is 0 Å². The molecule has 1 fully saturated rings. The molecular formula is C22H28Cl2N4O. The van der Waals surface area contributed by atoms with Gasteiger partial charge in [0, 0.05) is 30.4 Å². The quantitative estimate of drug-likeness (QED) is 0.664. The molecule has 1 aliphatic rings. The second kappa shape index (κ2) is 9.61. The largest absolute Gasteiger partial charge is 0.339 e. The zero-order valence-corrected chi connectivity index (χ0v) is 18.4. The SMILES string of the molecule is Cc1nc2cc(C(=O)N3CCC(C(C)N)CC3)ccc2n1-c1ccccc1.Cl.Cl. The molecule has 1 aromatic heterocycles. The number of aromatic nitrogens is 2. The number of nitrogens with zero attached hydrogens (tertiary/aromatic N) is 3. The van der Waals surface area contributed by atoms with Crippen LogP contribution < -0.4 is 5.73 Å². The monoisotopic (exact) mass is 434 g/mol. The minimum Gasteiger partial charge on any atom is -0.339 e. The smallest absolute Gasteiger partial charge is 0.253 e. The third kappa shape index (κ3) is 4.58. The topological polar surface area (TPSA) is 64.2 Å². The minimum atomic E-state index is 0. The van der Waals surface area contributed by atoms with Crippen molar-refractivity contribution in [3.8, 4) is 5.69 Å². The molecule has 5 nitrogen and oxygen atoms in total. The van der Waals surface area contributed by atoms with Gasteiger partial charge in [0.15, 0.2) is 0 Å². The van der Waals surface area contributed by atoms with Gasteiger partial charge in [-0.2, -0.15) is 0 Å². The van der Waals surface area contributed by atoms with Crippen LogP contribution in [0.3, 0.4) is 0 Å². The van der Waals surface area contributed by atoms with Crippen molar-refractivity contribution in [1.82, 2.24) is 14.5 Å². The lowest BCUT2D eigenvalue weighted by atomic mass is 9.90. The Morgan fingerprint density at radius 1 is 1.10 bits per heavy atom. The van der Waals surface area contributed by atoms with Crippen LogP contribution in [0.1, 0.15) is 35.9 Å². The maximum atomic E-state index is 12.9. The molecule has 156 valence electrons. The van der Waals surface area contributed by atoms with Gasteiger partial charge in [-0.1, -0.05) is 18.2 Å². The van der Waals surface area contributed by atoms with Crippen LogP contribution >= 0.6 is 24.8 Å². The molecule has 4 rings (SSSR count). The number of carbonyl (C=O) groups excluding carboxylic acids is 1. The molecule has 0 bridgehead atoms. The summed E-state index contributed by atoms with van der Waals surface area (Å²) < 4.78 is 2.12. The summed E-state index contributed by atoms with van der Waals surface area (Å²) in [4.78, 5) is 19.6. The van der Waals surface area contributed by atoms with Crippen LogP contribution in [0.2, 0.25) is 0 Å². The number of fused-ring (bicyclic) bond motifs is 1. The summed E-state index contributed by atoms with van der Waals surface area (Å²) in [7, 11) is 0. The first kappa shape index (κ1) is 23.2. The third-order valence-electron chi connectivity index (χ3n) is 5.65. The van der Waals surface area contributed by atoms with Crippen molar-refractivity contribution >= 4 is 41.8 Å². The number of hydrogen-bond acceptors (Lipinski definition) is 3. The average molecular weight is 435 g/mol. The Labute approximate surface area is 184 Å². The second-order valence-corrected chi connectivity index (χ2v) is 7.52. The number of para-hydroxylation sites is 1. The lowest BCUT2D eigenvalue weighted by molar-refractivity contribution is 0.0681. The molecule has 29 heavy (non-hydrogen) atoms. The maximum Gasteiger partial charge on any atom is 0.253 e. The first-order valence-electron chi connectivity index (χ1n) is 9.64. The summed E-state index contributed by atoms with van der Waals surface area (Å²) >= 11 is 0. The molecule has 2 N–H and O–H groups in total. The van der Waals surface area contributed by atoms with Gasteiger partial charge in [0.05, 0.1) is 11.0 Å². The molecule has 1 aliphatic heterocycles. The van der Waals surface area contributed by atoms with Gasteiger partial charge < -0.3 is 10.6 Å². The summed E-state index contributed by atoms with van der Waals surface area (Å²) in [6, 6.07) is 16.2. The summed E-state index contributed by atoms with van der Waals surface area (Å²) in [5.74, 6) is 1.52. The number of aryl methyl sites for hydroxylation is 1. The number of piperidine rings is 1. The van der Waals surface area contributed by atoms with E-state index in [0.717, 1.165) is 48.5 Å². The van der Waals surface area contributed by atoms with Gasteiger partial charge in [-0.3, -0.25) is 9.36 Å². The average Bonchev–Trinajstić information content (AvgIpc) is 3.03. The highest BCUT2D eigenvalue weighted by atomic mass is 35.5. The fraction of sp³-hybridized carbons (Fsp3) is 0.364. The number of imidazole rings is 1.